The van der Waals surface area contributed by atoms with Crippen molar-refractivity contribution >= 4 is 0 Å². The molecule has 0 aromatic carbocycles. The molecular weight excluding hydrogens is 208 g/mol. The third kappa shape index (κ3) is 2.92. The van der Waals surface area contributed by atoms with E-state index in [1.165, 1.54) is 19.4 Å². The first-order valence-corrected chi connectivity index (χ1v) is 7.23. The van der Waals surface area contributed by atoms with E-state index in [-0.39, 0.29) is 0 Å². The van der Waals surface area contributed by atoms with Crippen LogP contribution in [0.3, 0.4) is 0 Å². The Hall–Kier alpha value is -0.340. The second-order valence-electron chi connectivity index (χ2n) is 6.36. The summed E-state index contributed by atoms with van der Waals surface area (Å²) in [5.41, 5.74) is 0. The Morgan fingerprint density at radius 3 is 2.24 bits per heavy atom. The van der Waals surface area contributed by atoms with Gasteiger partial charge in [0, 0.05) is 31.2 Å². The smallest absolute Gasteiger partial charge is 0.0247 e. The largest absolute Gasteiger partial charge is 0.311 e. The van der Waals surface area contributed by atoms with Gasteiger partial charge < -0.3 is 5.32 Å². The highest BCUT2D eigenvalue weighted by Gasteiger charge is 2.35. The molecule has 0 aromatic heterocycles. The number of hydrogen-bond acceptors (Lipinski definition) is 2. The zero-order chi connectivity index (χ0) is 12.4. The normalized spacial score (nSPS) is 31.9. The average Bonchev–Trinajstić information content (AvgIpc) is 2.81. The molecule has 2 heteroatoms. The van der Waals surface area contributed by atoms with Crippen molar-refractivity contribution in [2.24, 2.45) is 11.8 Å². The predicted octanol–water partition coefficient (Wildman–Crippen LogP) is 2.66. The molecule has 98 valence electrons. The van der Waals surface area contributed by atoms with Crippen LogP contribution in [0.4, 0.5) is 0 Å². The van der Waals surface area contributed by atoms with Gasteiger partial charge in [0.2, 0.25) is 0 Å². The molecule has 0 spiro atoms. The van der Waals surface area contributed by atoms with Gasteiger partial charge in [-0.3, -0.25) is 4.90 Å². The van der Waals surface area contributed by atoms with Crippen LogP contribution >= 0.6 is 0 Å². The summed E-state index contributed by atoms with van der Waals surface area (Å²) in [5.74, 6) is 1.48. The standard InChI is InChI=1S/C15H28N2/c1-11(2)14-10-17(13-7-5-6-8-13)15(9-16-14)12(3)4/h5-6,11-16H,7-10H2,1-4H3. The number of nitrogens with zero attached hydrogens (tertiary/aromatic N) is 1. The van der Waals surface area contributed by atoms with E-state index in [1.54, 1.807) is 0 Å². The third-order valence-corrected chi connectivity index (χ3v) is 4.45. The summed E-state index contributed by atoms with van der Waals surface area (Å²) in [6.45, 7) is 11.8. The van der Waals surface area contributed by atoms with Gasteiger partial charge in [-0.05, 0) is 24.7 Å². The summed E-state index contributed by atoms with van der Waals surface area (Å²) in [5, 5.41) is 3.74. The van der Waals surface area contributed by atoms with Crippen LogP contribution in [0, 0.1) is 11.8 Å². The first-order valence-electron chi connectivity index (χ1n) is 7.23. The summed E-state index contributed by atoms with van der Waals surface area (Å²) >= 11 is 0. The lowest BCUT2D eigenvalue weighted by atomic mass is 9.92. The van der Waals surface area contributed by atoms with E-state index in [0.29, 0.717) is 6.04 Å². The van der Waals surface area contributed by atoms with Crippen LogP contribution in [-0.2, 0) is 0 Å². The molecule has 17 heavy (non-hydrogen) atoms. The first-order chi connectivity index (χ1) is 8.09. The zero-order valence-electron chi connectivity index (χ0n) is 11.8. The zero-order valence-corrected chi connectivity index (χ0v) is 11.8. The van der Waals surface area contributed by atoms with Crippen molar-refractivity contribution in [3.05, 3.63) is 12.2 Å². The summed E-state index contributed by atoms with van der Waals surface area (Å²) in [4.78, 5) is 2.78. The van der Waals surface area contributed by atoms with Gasteiger partial charge in [-0.25, -0.2) is 0 Å². The fourth-order valence-corrected chi connectivity index (χ4v) is 3.18. The Bertz CT molecular complexity index is 262. The Morgan fingerprint density at radius 1 is 1.06 bits per heavy atom. The van der Waals surface area contributed by atoms with E-state index in [0.717, 1.165) is 30.5 Å². The second-order valence-corrected chi connectivity index (χ2v) is 6.36. The van der Waals surface area contributed by atoms with Crippen molar-refractivity contribution in [2.75, 3.05) is 13.1 Å². The lowest BCUT2D eigenvalue weighted by Gasteiger charge is -2.46. The maximum Gasteiger partial charge on any atom is 0.0247 e. The van der Waals surface area contributed by atoms with Gasteiger partial charge in [0.25, 0.3) is 0 Å². The molecule has 1 fully saturated rings. The second kappa shape index (κ2) is 5.53. The summed E-state index contributed by atoms with van der Waals surface area (Å²) < 4.78 is 0. The highest BCUT2D eigenvalue weighted by Crippen LogP contribution is 2.26. The fraction of sp³-hybridized carbons (Fsp3) is 0.867. The predicted molar refractivity (Wildman–Crippen MR) is 74.1 cm³/mol. The van der Waals surface area contributed by atoms with Crippen molar-refractivity contribution in [1.82, 2.24) is 10.2 Å². The number of nitrogens with one attached hydrogen (secondary N) is 1. The Morgan fingerprint density at radius 2 is 1.71 bits per heavy atom. The van der Waals surface area contributed by atoms with Gasteiger partial charge >= 0.3 is 0 Å². The summed E-state index contributed by atoms with van der Waals surface area (Å²) in [7, 11) is 0. The number of rotatable bonds is 3. The fourth-order valence-electron chi connectivity index (χ4n) is 3.18. The van der Waals surface area contributed by atoms with E-state index in [9.17, 15) is 0 Å². The van der Waals surface area contributed by atoms with Crippen molar-refractivity contribution in [2.45, 2.75) is 58.7 Å². The van der Waals surface area contributed by atoms with Crippen LogP contribution in [0.5, 0.6) is 0 Å². The van der Waals surface area contributed by atoms with Gasteiger partial charge in [0.05, 0.1) is 0 Å². The maximum atomic E-state index is 3.74. The molecule has 2 unspecified atom stereocenters. The molecule has 0 radical (unpaired) electrons. The Balaban J connectivity index is 2.04. The quantitative estimate of drug-likeness (QED) is 0.758. The molecule has 0 amide bonds. The van der Waals surface area contributed by atoms with Crippen LogP contribution in [0.1, 0.15) is 40.5 Å². The Labute approximate surface area is 106 Å². The minimum atomic E-state index is 0.672. The lowest BCUT2D eigenvalue weighted by molar-refractivity contribution is 0.0497. The molecule has 2 rings (SSSR count). The van der Waals surface area contributed by atoms with Gasteiger partial charge in [0.15, 0.2) is 0 Å². The molecule has 1 heterocycles. The van der Waals surface area contributed by atoms with Crippen LogP contribution in [0.2, 0.25) is 0 Å². The van der Waals surface area contributed by atoms with Crippen molar-refractivity contribution < 1.29 is 0 Å². The van der Waals surface area contributed by atoms with Crippen LogP contribution < -0.4 is 5.32 Å². The van der Waals surface area contributed by atoms with Crippen LogP contribution in [0.15, 0.2) is 12.2 Å². The molecule has 2 atom stereocenters. The molecule has 1 N–H and O–H groups in total. The van der Waals surface area contributed by atoms with Crippen molar-refractivity contribution in [1.29, 1.82) is 0 Å². The van der Waals surface area contributed by atoms with E-state index in [2.05, 4.69) is 50.1 Å². The minimum absolute atomic E-state index is 0.672. The molecular formula is C15H28N2. The molecule has 2 nitrogen and oxygen atoms in total. The number of piperazine rings is 1. The van der Waals surface area contributed by atoms with Gasteiger partial charge in [-0.15, -0.1) is 0 Å². The molecule has 1 aliphatic carbocycles. The van der Waals surface area contributed by atoms with Crippen molar-refractivity contribution in [3.8, 4) is 0 Å². The topological polar surface area (TPSA) is 15.3 Å². The highest BCUT2D eigenvalue weighted by molar-refractivity contribution is 5.02. The van der Waals surface area contributed by atoms with Crippen molar-refractivity contribution in [3.63, 3.8) is 0 Å². The van der Waals surface area contributed by atoms with Gasteiger partial charge in [-0.1, -0.05) is 39.8 Å². The highest BCUT2D eigenvalue weighted by atomic mass is 15.3. The minimum Gasteiger partial charge on any atom is -0.311 e. The third-order valence-electron chi connectivity index (χ3n) is 4.45. The van der Waals surface area contributed by atoms with Crippen LogP contribution in [-0.4, -0.2) is 36.1 Å². The summed E-state index contributed by atoms with van der Waals surface area (Å²) in [6.07, 6.45) is 7.23. The van der Waals surface area contributed by atoms with Gasteiger partial charge in [-0.2, -0.15) is 0 Å². The SMILES string of the molecule is CC(C)C1CN(C2CC=CC2)C(C(C)C)CN1. The lowest BCUT2D eigenvalue weighted by Crippen LogP contribution is -2.61. The first kappa shape index (κ1) is 13.1. The van der Waals surface area contributed by atoms with Gasteiger partial charge in [0.1, 0.15) is 0 Å². The summed E-state index contributed by atoms with van der Waals surface area (Å²) in [6, 6.07) is 2.16. The average molecular weight is 236 g/mol. The molecule has 1 saturated heterocycles. The molecule has 0 bridgehead atoms. The van der Waals surface area contributed by atoms with E-state index < -0.39 is 0 Å². The Kier molecular flexibility index (Phi) is 4.26. The van der Waals surface area contributed by atoms with E-state index in [1.807, 2.05) is 0 Å². The maximum absolute atomic E-state index is 3.74. The molecule has 2 aliphatic rings. The van der Waals surface area contributed by atoms with E-state index >= 15 is 0 Å². The van der Waals surface area contributed by atoms with Crippen LogP contribution in [0.25, 0.3) is 0 Å². The number of hydrogen-bond donors (Lipinski definition) is 1. The molecule has 0 aromatic rings. The molecule has 0 saturated carbocycles. The van der Waals surface area contributed by atoms with E-state index in [4.69, 9.17) is 0 Å². The monoisotopic (exact) mass is 236 g/mol. The molecule has 1 aliphatic heterocycles.